The van der Waals surface area contributed by atoms with E-state index in [1.54, 1.807) is 44.8 Å². The van der Waals surface area contributed by atoms with Gasteiger partial charge >= 0.3 is 0 Å². The highest BCUT2D eigenvalue weighted by Gasteiger charge is 2.17. The number of rotatable bonds is 9. The van der Waals surface area contributed by atoms with Gasteiger partial charge in [0.05, 0.1) is 18.5 Å². The molecule has 0 unspecified atom stereocenters. The Morgan fingerprint density at radius 1 is 1.15 bits per heavy atom. The average molecular weight is 465 g/mol. The molecule has 3 N–H and O–H groups in total. The highest BCUT2D eigenvalue weighted by molar-refractivity contribution is 7.70. The lowest BCUT2D eigenvalue weighted by atomic mass is 10.2. The van der Waals surface area contributed by atoms with E-state index >= 15 is 0 Å². The number of aryl methyl sites for hydroxylation is 1. The molecule has 0 aliphatic rings. The Morgan fingerprint density at radius 3 is 2.58 bits per heavy atom. The molecule has 8 nitrogen and oxygen atoms in total. The molecule has 0 bridgehead atoms. The fourth-order valence-corrected chi connectivity index (χ4v) is 4.36. The summed E-state index contributed by atoms with van der Waals surface area (Å²) in [6.45, 7) is 8.96. The number of anilines is 5. The number of para-hydroxylation sites is 1. The summed E-state index contributed by atoms with van der Waals surface area (Å²) in [7, 11) is -0.936. The molecule has 1 heterocycles. The van der Waals surface area contributed by atoms with Gasteiger partial charge in [-0.1, -0.05) is 25.6 Å². The lowest BCUT2D eigenvalue weighted by molar-refractivity contribution is -0.111. The van der Waals surface area contributed by atoms with Crippen LogP contribution in [0.2, 0.25) is 0 Å². The van der Waals surface area contributed by atoms with Crippen LogP contribution in [0.4, 0.5) is 28.8 Å². The zero-order chi connectivity index (χ0) is 24.0. The zero-order valence-electron chi connectivity index (χ0n) is 19.2. The summed E-state index contributed by atoms with van der Waals surface area (Å²) >= 11 is 0. The summed E-state index contributed by atoms with van der Waals surface area (Å²) in [5.74, 6) is 1.20. The molecule has 1 amide bonds. The lowest BCUT2D eigenvalue weighted by Crippen LogP contribution is -2.12. The van der Waals surface area contributed by atoms with Gasteiger partial charge in [-0.3, -0.25) is 4.79 Å². The number of nitrogens with one attached hydrogen (secondary N) is 3. The number of carbonyl (C=O) groups is 1. The molecule has 172 valence electrons. The summed E-state index contributed by atoms with van der Waals surface area (Å²) in [5, 5.41) is 9.97. The van der Waals surface area contributed by atoms with Crippen LogP contribution in [0.1, 0.15) is 12.5 Å². The van der Waals surface area contributed by atoms with Crippen molar-refractivity contribution in [1.29, 1.82) is 0 Å². The number of nitrogens with zero attached hydrogens (tertiary/aromatic N) is 2. The maximum atomic E-state index is 12.8. The summed E-state index contributed by atoms with van der Waals surface area (Å²) in [6, 6.07) is 12.7. The molecule has 0 aliphatic heterocycles. The molecule has 3 aromatic rings. The first-order chi connectivity index (χ1) is 15.7. The van der Waals surface area contributed by atoms with Crippen LogP contribution in [0.5, 0.6) is 5.75 Å². The number of methoxy groups -OCH3 is 1. The Balaban J connectivity index is 1.96. The van der Waals surface area contributed by atoms with E-state index in [0.29, 0.717) is 35.3 Å². The third-order valence-electron chi connectivity index (χ3n) is 4.88. The van der Waals surface area contributed by atoms with Gasteiger partial charge in [-0.15, -0.1) is 0 Å². The molecular weight excluding hydrogens is 437 g/mol. The van der Waals surface area contributed by atoms with Crippen molar-refractivity contribution in [3.8, 4) is 5.75 Å². The SMILES string of the molecule is C=CC(=O)Nc1ccc(OC)c(Nc2ncc(CC)c(Nc3ccccc3P(C)(C)=O)n2)c1. The van der Waals surface area contributed by atoms with E-state index in [2.05, 4.69) is 32.5 Å². The molecule has 0 atom stereocenters. The van der Waals surface area contributed by atoms with Crippen LogP contribution in [0.15, 0.2) is 61.3 Å². The minimum atomic E-state index is -2.49. The molecule has 0 spiro atoms. The molecular formula is C24H28N5O3P. The van der Waals surface area contributed by atoms with Gasteiger partial charge in [-0.2, -0.15) is 4.98 Å². The quantitative estimate of drug-likeness (QED) is 0.305. The van der Waals surface area contributed by atoms with Crippen molar-refractivity contribution in [1.82, 2.24) is 9.97 Å². The van der Waals surface area contributed by atoms with Gasteiger partial charge in [0.2, 0.25) is 11.9 Å². The van der Waals surface area contributed by atoms with Gasteiger partial charge in [0, 0.05) is 22.8 Å². The van der Waals surface area contributed by atoms with Crippen LogP contribution >= 0.6 is 7.14 Å². The van der Waals surface area contributed by atoms with Gasteiger partial charge in [0.25, 0.3) is 0 Å². The number of hydrogen-bond acceptors (Lipinski definition) is 7. The van der Waals surface area contributed by atoms with Gasteiger partial charge in [-0.05, 0) is 56.2 Å². The molecule has 3 rings (SSSR count). The van der Waals surface area contributed by atoms with Gasteiger partial charge < -0.3 is 25.3 Å². The monoisotopic (exact) mass is 465 g/mol. The number of amides is 1. The number of aromatic nitrogens is 2. The Bertz CT molecular complexity index is 1220. The second kappa shape index (κ2) is 10.3. The van der Waals surface area contributed by atoms with E-state index in [4.69, 9.17) is 4.74 Å². The largest absolute Gasteiger partial charge is 0.495 e. The Kier molecular flexibility index (Phi) is 7.51. The Hall–Kier alpha value is -3.64. The van der Waals surface area contributed by atoms with Crippen molar-refractivity contribution in [3.05, 3.63) is 66.9 Å². The highest BCUT2D eigenvalue weighted by Crippen LogP contribution is 2.38. The fraction of sp³-hybridized carbons (Fsp3) is 0.208. The van der Waals surface area contributed by atoms with Gasteiger partial charge in [0.1, 0.15) is 18.7 Å². The maximum Gasteiger partial charge on any atom is 0.247 e. The molecule has 0 fully saturated rings. The van der Waals surface area contributed by atoms with Gasteiger partial charge in [-0.25, -0.2) is 4.98 Å². The second-order valence-electron chi connectivity index (χ2n) is 7.65. The topological polar surface area (TPSA) is 105 Å². The number of carbonyl (C=O) groups excluding carboxylic acids is 1. The van der Waals surface area contributed by atoms with E-state index < -0.39 is 7.14 Å². The van der Waals surface area contributed by atoms with E-state index in [9.17, 15) is 9.36 Å². The normalized spacial score (nSPS) is 10.9. The van der Waals surface area contributed by atoms with Crippen molar-refractivity contribution in [2.45, 2.75) is 13.3 Å². The van der Waals surface area contributed by atoms with E-state index in [0.717, 1.165) is 16.6 Å². The lowest BCUT2D eigenvalue weighted by Gasteiger charge is -2.17. The first-order valence-electron chi connectivity index (χ1n) is 10.4. The van der Waals surface area contributed by atoms with E-state index in [1.165, 1.54) is 6.08 Å². The molecule has 9 heteroatoms. The Morgan fingerprint density at radius 2 is 1.91 bits per heavy atom. The number of hydrogen-bond donors (Lipinski definition) is 3. The minimum Gasteiger partial charge on any atom is -0.495 e. The van der Waals surface area contributed by atoms with Crippen molar-refractivity contribution >= 4 is 47.2 Å². The predicted octanol–water partition coefficient (Wildman–Crippen LogP) is 4.91. The van der Waals surface area contributed by atoms with Crippen LogP contribution in [0.3, 0.4) is 0 Å². The molecule has 0 radical (unpaired) electrons. The molecule has 1 aromatic heterocycles. The second-order valence-corrected chi connectivity index (χ2v) is 10.8. The standard InChI is InChI=1S/C24H28N5O3P/c1-6-16-15-25-24(28-19-14-17(26-22(30)7-2)12-13-20(19)32-3)29-23(16)27-18-10-8-9-11-21(18)33(4,5)31/h7-15H,2,6H2,1,3-5H3,(H,26,30)(H2,25,27,28,29). The van der Waals surface area contributed by atoms with Crippen molar-refractivity contribution in [2.24, 2.45) is 0 Å². The smallest absolute Gasteiger partial charge is 0.247 e. The third kappa shape index (κ3) is 5.99. The number of benzene rings is 2. The molecule has 0 saturated heterocycles. The summed E-state index contributed by atoms with van der Waals surface area (Å²) in [4.78, 5) is 20.7. The summed E-state index contributed by atoms with van der Waals surface area (Å²) < 4.78 is 18.2. The highest BCUT2D eigenvalue weighted by atomic mass is 31.2. The third-order valence-corrected chi connectivity index (χ3v) is 6.43. The molecule has 2 aromatic carbocycles. The maximum absolute atomic E-state index is 12.8. The van der Waals surface area contributed by atoms with Crippen molar-refractivity contribution in [3.63, 3.8) is 0 Å². The van der Waals surface area contributed by atoms with Gasteiger partial charge in [0.15, 0.2) is 0 Å². The minimum absolute atomic E-state index is 0.316. The first-order valence-corrected chi connectivity index (χ1v) is 13.0. The van der Waals surface area contributed by atoms with Crippen molar-refractivity contribution < 1.29 is 14.1 Å². The first kappa shape index (κ1) is 24.0. The zero-order valence-corrected chi connectivity index (χ0v) is 20.1. The average Bonchev–Trinajstić information content (AvgIpc) is 2.79. The van der Waals surface area contributed by atoms with E-state index in [-0.39, 0.29) is 5.91 Å². The van der Waals surface area contributed by atoms with Crippen LogP contribution < -0.4 is 26.0 Å². The fourth-order valence-electron chi connectivity index (χ4n) is 3.21. The van der Waals surface area contributed by atoms with Crippen molar-refractivity contribution in [2.75, 3.05) is 36.4 Å². The summed E-state index contributed by atoms with van der Waals surface area (Å²) in [6.07, 6.45) is 3.66. The summed E-state index contributed by atoms with van der Waals surface area (Å²) in [5.41, 5.74) is 2.82. The number of ether oxygens (including phenoxy) is 1. The molecule has 0 saturated carbocycles. The van der Waals surface area contributed by atoms with Crippen LogP contribution in [-0.4, -0.2) is 36.3 Å². The van der Waals surface area contributed by atoms with E-state index in [1.807, 2.05) is 31.2 Å². The van der Waals surface area contributed by atoms with Crippen LogP contribution in [-0.2, 0) is 15.8 Å². The van der Waals surface area contributed by atoms with Crippen LogP contribution in [0.25, 0.3) is 0 Å². The Labute approximate surface area is 193 Å². The van der Waals surface area contributed by atoms with Crippen LogP contribution in [0, 0.1) is 0 Å². The molecule has 33 heavy (non-hydrogen) atoms. The molecule has 0 aliphatic carbocycles. The predicted molar refractivity (Wildman–Crippen MR) is 135 cm³/mol.